The summed E-state index contributed by atoms with van der Waals surface area (Å²) in [5.74, 6) is 0. The lowest BCUT2D eigenvalue weighted by Crippen LogP contribution is -2.30. The average Bonchev–Trinajstić information content (AvgIpc) is 2.95. The number of aryl methyl sites for hydroxylation is 1. The van der Waals surface area contributed by atoms with E-state index in [0.717, 1.165) is 32.4 Å². The number of hydrogen-bond donors (Lipinski definition) is 0. The highest BCUT2D eigenvalue weighted by atomic mass is 16.6. The van der Waals surface area contributed by atoms with Crippen molar-refractivity contribution < 1.29 is 4.84 Å². The molecule has 0 radical (unpaired) electrons. The maximum absolute atomic E-state index is 5.41. The molecule has 2 rings (SSSR count). The molecule has 0 bridgehead atoms. The number of oxime groups is 1. The summed E-state index contributed by atoms with van der Waals surface area (Å²) in [6.07, 6.45) is 7.23. The zero-order valence-corrected chi connectivity index (χ0v) is 11.5. The van der Waals surface area contributed by atoms with Crippen LogP contribution in [0.25, 0.3) is 0 Å². The average molecular weight is 250 g/mol. The number of aromatic nitrogens is 2. The Hall–Kier alpha value is -1.36. The molecule has 1 atom stereocenters. The highest BCUT2D eigenvalue weighted by Crippen LogP contribution is 2.13. The lowest BCUT2D eigenvalue weighted by Gasteiger charge is -2.19. The summed E-state index contributed by atoms with van der Waals surface area (Å²) in [7, 11) is 4.08. The van der Waals surface area contributed by atoms with E-state index < -0.39 is 0 Å². The van der Waals surface area contributed by atoms with Crippen molar-refractivity contribution >= 4 is 5.71 Å². The fraction of sp³-hybridized carbons (Fsp3) is 0.692. The van der Waals surface area contributed by atoms with E-state index in [1.807, 2.05) is 17.9 Å². The molecule has 0 fully saturated rings. The summed E-state index contributed by atoms with van der Waals surface area (Å²) >= 11 is 0. The Bertz CT molecular complexity index is 413. The monoisotopic (exact) mass is 250 g/mol. The van der Waals surface area contributed by atoms with Crippen LogP contribution < -0.4 is 0 Å². The second-order valence-electron chi connectivity index (χ2n) is 4.98. The van der Waals surface area contributed by atoms with Gasteiger partial charge in [-0.05, 0) is 25.5 Å². The first-order valence-corrected chi connectivity index (χ1v) is 6.55. The van der Waals surface area contributed by atoms with Gasteiger partial charge in [-0.15, -0.1) is 0 Å². The van der Waals surface area contributed by atoms with Crippen molar-refractivity contribution in [3.05, 3.63) is 18.0 Å². The van der Waals surface area contributed by atoms with Crippen molar-refractivity contribution in [2.45, 2.75) is 32.3 Å². The SMILES string of the molecule is CCC1=NO[C@@H](CN(C)CCc2cnn(C)c2)C1. The van der Waals surface area contributed by atoms with Gasteiger partial charge >= 0.3 is 0 Å². The molecule has 0 saturated carbocycles. The van der Waals surface area contributed by atoms with Crippen LogP contribution in [0.2, 0.25) is 0 Å². The van der Waals surface area contributed by atoms with Gasteiger partial charge in [0.15, 0.2) is 0 Å². The molecule has 5 nitrogen and oxygen atoms in total. The molecule has 0 saturated heterocycles. The van der Waals surface area contributed by atoms with Crippen molar-refractivity contribution in [1.82, 2.24) is 14.7 Å². The maximum Gasteiger partial charge on any atom is 0.145 e. The van der Waals surface area contributed by atoms with Gasteiger partial charge in [-0.25, -0.2) is 0 Å². The van der Waals surface area contributed by atoms with E-state index in [9.17, 15) is 0 Å². The van der Waals surface area contributed by atoms with Gasteiger partial charge in [0.05, 0.1) is 11.9 Å². The summed E-state index contributed by atoms with van der Waals surface area (Å²) in [6.45, 7) is 4.08. The van der Waals surface area contributed by atoms with Crippen LogP contribution in [0.4, 0.5) is 0 Å². The van der Waals surface area contributed by atoms with E-state index in [4.69, 9.17) is 4.84 Å². The maximum atomic E-state index is 5.41. The van der Waals surface area contributed by atoms with Gasteiger partial charge in [0.1, 0.15) is 6.10 Å². The molecule has 0 amide bonds. The molecule has 100 valence electrons. The number of hydrogen-bond acceptors (Lipinski definition) is 4. The van der Waals surface area contributed by atoms with Gasteiger partial charge in [0.25, 0.3) is 0 Å². The van der Waals surface area contributed by atoms with Gasteiger partial charge in [0, 0.05) is 32.8 Å². The molecular weight excluding hydrogens is 228 g/mol. The van der Waals surface area contributed by atoms with Crippen LogP contribution in [0, 0.1) is 0 Å². The summed E-state index contributed by atoms with van der Waals surface area (Å²) in [5.41, 5.74) is 2.46. The third-order valence-electron chi connectivity index (χ3n) is 3.26. The van der Waals surface area contributed by atoms with Crippen LogP contribution in [0.15, 0.2) is 17.5 Å². The molecule has 5 heteroatoms. The summed E-state index contributed by atoms with van der Waals surface area (Å²) in [5, 5.41) is 8.26. The fourth-order valence-corrected chi connectivity index (χ4v) is 2.15. The van der Waals surface area contributed by atoms with Crippen LogP contribution in [-0.2, 0) is 18.3 Å². The van der Waals surface area contributed by atoms with Gasteiger partial charge in [-0.2, -0.15) is 5.10 Å². The quantitative estimate of drug-likeness (QED) is 0.767. The minimum absolute atomic E-state index is 0.235. The topological polar surface area (TPSA) is 42.6 Å². The van der Waals surface area contributed by atoms with E-state index in [2.05, 4.69) is 35.3 Å². The molecule has 0 N–H and O–H groups in total. The van der Waals surface area contributed by atoms with Crippen LogP contribution in [0.5, 0.6) is 0 Å². The Kier molecular flexibility index (Phi) is 4.36. The van der Waals surface area contributed by atoms with E-state index in [1.54, 1.807) is 0 Å². The predicted molar refractivity (Wildman–Crippen MR) is 71.6 cm³/mol. The molecule has 0 unspecified atom stereocenters. The minimum Gasteiger partial charge on any atom is -0.391 e. The van der Waals surface area contributed by atoms with Crippen molar-refractivity contribution in [1.29, 1.82) is 0 Å². The minimum atomic E-state index is 0.235. The van der Waals surface area contributed by atoms with Crippen molar-refractivity contribution in [3.63, 3.8) is 0 Å². The molecular formula is C13H22N4O. The Morgan fingerprint density at radius 2 is 2.39 bits per heavy atom. The van der Waals surface area contributed by atoms with Crippen LogP contribution in [0.1, 0.15) is 25.3 Å². The van der Waals surface area contributed by atoms with Crippen LogP contribution >= 0.6 is 0 Å². The molecule has 18 heavy (non-hydrogen) atoms. The first kappa shape index (κ1) is 13.1. The highest BCUT2D eigenvalue weighted by molar-refractivity contribution is 5.85. The Morgan fingerprint density at radius 1 is 1.56 bits per heavy atom. The van der Waals surface area contributed by atoms with Crippen molar-refractivity contribution in [2.24, 2.45) is 12.2 Å². The lowest BCUT2D eigenvalue weighted by molar-refractivity contribution is 0.0596. The van der Waals surface area contributed by atoms with Gasteiger partial charge in [-0.3, -0.25) is 4.68 Å². The van der Waals surface area contributed by atoms with Gasteiger partial charge < -0.3 is 9.74 Å². The zero-order valence-electron chi connectivity index (χ0n) is 11.5. The molecule has 0 aromatic carbocycles. The fourth-order valence-electron chi connectivity index (χ4n) is 2.15. The van der Waals surface area contributed by atoms with Crippen LogP contribution in [0.3, 0.4) is 0 Å². The molecule has 1 aromatic heterocycles. The van der Waals surface area contributed by atoms with E-state index >= 15 is 0 Å². The van der Waals surface area contributed by atoms with Crippen LogP contribution in [-0.4, -0.2) is 46.6 Å². The second-order valence-corrected chi connectivity index (χ2v) is 4.98. The summed E-state index contributed by atoms with van der Waals surface area (Å²) in [6, 6.07) is 0. The van der Waals surface area contributed by atoms with Crippen molar-refractivity contribution in [3.8, 4) is 0 Å². The Balaban J connectivity index is 1.68. The first-order chi connectivity index (χ1) is 8.67. The van der Waals surface area contributed by atoms with Gasteiger partial charge in [-0.1, -0.05) is 12.1 Å². The number of rotatable bonds is 6. The number of nitrogens with zero attached hydrogens (tertiary/aromatic N) is 4. The first-order valence-electron chi connectivity index (χ1n) is 6.55. The van der Waals surface area contributed by atoms with E-state index in [0.29, 0.717) is 0 Å². The standard InChI is InChI=1S/C13H22N4O/c1-4-12-7-13(18-15-12)10-16(2)6-5-11-8-14-17(3)9-11/h8-9,13H,4-7,10H2,1-3H3/t13-/m1/s1. The largest absolute Gasteiger partial charge is 0.391 e. The Labute approximate surface area is 108 Å². The molecule has 0 spiro atoms. The summed E-state index contributed by atoms with van der Waals surface area (Å²) < 4.78 is 1.84. The van der Waals surface area contributed by atoms with Gasteiger partial charge in [0.2, 0.25) is 0 Å². The summed E-state index contributed by atoms with van der Waals surface area (Å²) in [4.78, 5) is 7.71. The molecule has 1 aliphatic rings. The normalized spacial score (nSPS) is 19.1. The zero-order chi connectivity index (χ0) is 13.0. The number of likely N-dealkylation sites (N-methyl/N-ethyl adjacent to an activating group) is 1. The predicted octanol–water partition coefficient (Wildman–Crippen LogP) is 1.45. The third-order valence-corrected chi connectivity index (χ3v) is 3.26. The molecule has 1 aromatic rings. The third kappa shape index (κ3) is 3.57. The smallest absolute Gasteiger partial charge is 0.145 e. The van der Waals surface area contributed by atoms with E-state index in [1.165, 1.54) is 11.3 Å². The molecule has 2 heterocycles. The van der Waals surface area contributed by atoms with Crippen molar-refractivity contribution in [2.75, 3.05) is 20.1 Å². The second kappa shape index (κ2) is 6.00. The molecule has 0 aliphatic carbocycles. The highest BCUT2D eigenvalue weighted by Gasteiger charge is 2.21. The molecule has 1 aliphatic heterocycles. The van der Waals surface area contributed by atoms with E-state index in [-0.39, 0.29) is 6.10 Å². The lowest BCUT2D eigenvalue weighted by atomic mass is 10.1. The Morgan fingerprint density at radius 3 is 3.00 bits per heavy atom.